The molecule has 0 unspecified atom stereocenters. The molecule has 0 N–H and O–H groups in total. The van der Waals surface area contributed by atoms with Crippen molar-refractivity contribution in [3.05, 3.63) is 11.1 Å². The van der Waals surface area contributed by atoms with E-state index >= 15 is 0 Å². The van der Waals surface area contributed by atoms with Crippen LogP contribution in [0.3, 0.4) is 0 Å². The number of halogens is 2. The number of hydrogen-bond acceptors (Lipinski definition) is 3. The second-order valence-electron chi connectivity index (χ2n) is 2.90. The van der Waals surface area contributed by atoms with E-state index in [9.17, 15) is 9.59 Å². The Morgan fingerprint density at radius 3 is 2.36 bits per heavy atom. The van der Waals surface area contributed by atoms with Crippen LogP contribution in [0.25, 0.3) is 0 Å². The summed E-state index contributed by atoms with van der Waals surface area (Å²) in [4.78, 5) is 21.9. The van der Waals surface area contributed by atoms with Crippen LogP contribution in [-0.2, 0) is 14.3 Å². The smallest absolute Gasteiger partial charge is 0.309 e. The highest BCUT2D eigenvalue weighted by molar-refractivity contribution is 15.0. The van der Waals surface area contributed by atoms with E-state index in [0.29, 0.717) is 6.42 Å². The Morgan fingerprint density at radius 1 is 1.43 bits per heavy atom. The van der Waals surface area contributed by atoms with E-state index in [1.807, 2.05) is 0 Å². The summed E-state index contributed by atoms with van der Waals surface area (Å²) in [6.07, 6.45) is 1.55. The number of ketones is 1. The summed E-state index contributed by atoms with van der Waals surface area (Å²) < 4.78 is 4.51. The van der Waals surface area contributed by atoms with Gasteiger partial charge in [0.15, 0.2) is 5.78 Å². The largest absolute Gasteiger partial charge is 0.469 e. The summed E-state index contributed by atoms with van der Waals surface area (Å²) in [7, 11) is 1.36. The van der Waals surface area contributed by atoms with Crippen LogP contribution in [0.2, 0.25) is 0 Å². The molecule has 1 rings (SSSR count). The summed E-state index contributed by atoms with van der Waals surface area (Å²) in [5.41, 5.74) is 1.69. The molecule has 0 saturated carbocycles. The first-order valence-electron chi connectivity index (χ1n) is 4.08. The molecule has 1 aliphatic rings. The monoisotopic (exact) mass is 422 g/mol. The molecule has 0 bridgehead atoms. The number of allylic oxidation sites excluding steroid dienone is 1. The first kappa shape index (κ1) is 14.3. The average molecular weight is 422 g/mol. The number of methoxy groups -OCH3 is 1. The first-order valence-corrected chi connectivity index (χ1v) is 10.4. The number of rotatable bonds is 2. The predicted molar refractivity (Wildman–Crippen MR) is 71.6 cm³/mol. The third kappa shape index (κ3) is 4.24. The minimum atomic E-state index is -0.265. The van der Waals surface area contributed by atoms with Gasteiger partial charge in [-0.3, -0.25) is 9.59 Å². The lowest BCUT2D eigenvalue weighted by atomic mass is 10.1. The van der Waals surface area contributed by atoms with Gasteiger partial charge in [-0.1, -0.05) is 5.57 Å². The molecular formula is C9H12I2O3. The lowest BCUT2D eigenvalue weighted by Crippen LogP contribution is -2.01. The van der Waals surface area contributed by atoms with Crippen LogP contribution in [-0.4, -0.2) is 18.9 Å². The highest BCUT2D eigenvalue weighted by atomic mass is 128. The molecule has 14 heavy (non-hydrogen) atoms. The second kappa shape index (κ2) is 7.61. The second-order valence-corrected chi connectivity index (χ2v) is 2.90. The Hall–Kier alpha value is 0.340. The molecule has 0 amide bonds. The maximum Gasteiger partial charge on any atom is 0.309 e. The molecular weight excluding hydrogens is 410 g/mol. The van der Waals surface area contributed by atoms with Crippen molar-refractivity contribution in [3.8, 4) is 0 Å². The van der Waals surface area contributed by atoms with Crippen LogP contribution in [0.4, 0.5) is 0 Å². The highest BCUT2D eigenvalue weighted by Crippen LogP contribution is 2.25. The molecule has 0 aromatic heterocycles. The van der Waals surface area contributed by atoms with Crippen molar-refractivity contribution in [1.29, 1.82) is 0 Å². The van der Waals surface area contributed by atoms with E-state index in [2.05, 4.69) is 42.0 Å². The van der Waals surface area contributed by atoms with Crippen molar-refractivity contribution < 1.29 is 14.3 Å². The summed E-state index contributed by atoms with van der Waals surface area (Å²) in [5, 5.41) is 0. The van der Waals surface area contributed by atoms with E-state index in [1.165, 1.54) is 7.11 Å². The maximum absolute atomic E-state index is 11.0. The fraction of sp³-hybridized carbons (Fsp3) is 0.556. The fourth-order valence-electron chi connectivity index (χ4n) is 1.30. The fourth-order valence-corrected chi connectivity index (χ4v) is 1.30. The van der Waals surface area contributed by atoms with Crippen molar-refractivity contribution in [3.63, 3.8) is 0 Å². The molecule has 80 valence electrons. The van der Waals surface area contributed by atoms with Gasteiger partial charge in [-0.05, 0) is 18.9 Å². The predicted octanol–water partition coefficient (Wildman–Crippen LogP) is 3.00. The van der Waals surface area contributed by atoms with Gasteiger partial charge in [-0.2, -0.15) is 0 Å². The van der Waals surface area contributed by atoms with E-state index in [1.54, 1.807) is 6.92 Å². The molecule has 0 fully saturated rings. The van der Waals surface area contributed by atoms with Gasteiger partial charge in [0.05, 0.1) is 13.5 Å². The zero-order valence-corrected chi connectivity index (χ0v) is 12.4. The van der Waals surface area contributed by atoms with Crippen LogP contribution in [0, 0.1) is 0 Å². The van der Waals surface area contributed by atoms with E-state index in [-0.39, 0.29) is 18.2 Å². The lowest BCUT2D eigenvalue weighted by Gasteiger charge is -2.00. The van der Waals surface area contributed by atoms with Crippen molar-refractivity contribution >= 4 is 49.0 Å². The molecule has 0 spiro atoms. The van der Waals surface area contributed by atoms with Gasteiger partial charge >= 0.3 is 5.97 Å². The molecule has 0 atom stereocenters. The minimum Gasteiger partial charge on any atom is -0.469 e. The van der Waals surface area contributed by atoms with Crippen molar-refractivity contribution in [2.24, 2.45) is 0 Å². The third-order valence-electron chi connectivity index (χ3n) is 2.19. The van der Waals surface area contributed by atoms with Crippen LogP contribution in [0.5, 0.6) is 0 Å². The zero-order valence-electron chi connectivity index (χ0n) is 8.10. The highest BCUT2D eigenvalue weighted by Gasteiger charge is 2.20. The SMILES string of the molecule is COC(=O)CC1=C(C)C(=O)CC1.II. The molecule has 0 heterocycles. The van der Waals surface area contributed by atoms with E-state index in [0.717, 1.165) is 17.6 Å². The molecule has 0 aliphatic heterocycles. The Balaban J connectivity index is 0.000000791. The van der Waals surface area contributed by atoms with Crippen molar-refractivity contribution in [2.45, 2.75) is 26.2 Å². The standard InChI is InChI=1S/C9H12O3.I2/c1-6-7(3-4-8(6)10)5-9(11)12-2;1-2/h3-5H2,1-2H3;. The molecule has 3 nitrogen and oxygen atoms in total. The Bertz CT molecular complexity index is 259. The van der Waals surface area contributed by atoms with Crippen LogP contribution in [0.1, 0.15) is 26.2 Å². The molecule has 1 aliphatic carbocycles. The summed E-state index contributed by atoms with van der Waals surface area (Å²) in [5.74, 6) is -0.104. The average Bonchev–Trinajstić information content (AvgIpc) is 2.52. The number of esters is 1. The number of hydrogen-bond donors (Lipinski definition) is 0. The summed E-state index contributed by atoms with van der Waals surface area (Å²) in [6.45, 7) is 1.77. The topological polar surface area (TPSA) is 43.4 Å². The summed E-state index contributed by atoms with van der Waals surface area (Å²) >= 11 is 4.24. The third-order valence-corrected chi connectivity index (χ3v) is 2.19. The zero-order chi connectivity index (χ0) is 11.1. The van der Waals surface area contributed by atoms with Crippen molar-refractivity contribution in [1.82, 2.24) is 0 Å². The van der Waals surface area contributed by atoms with E-state index < -0.39 is 0 Å². The molecule has 0 aromatic rings. The number of carbonyl (C=O) groups excluding carboxylic acids is 2. The Labute approximate surface area is 107 Å². The molecule has 5 heteroatoms. The van der Waals surface area contributed by atoms with Gasteiger partial charge in [0.25, 0.3) is 0 Å². The minimum absolute atomic E-state index is 0.161. The van der Waals surface area contributed by atoms with Gasteiger partial charge in [0.2, 0.25) is 0 Å². The molecule has 0 radical (unpaired) electrons. The lowest BCUT2D eigenvalue weighted by molar-refractivity contribution is -0.139. The van der Waals surface area contributed by atoms with Crippen LogP contribution >= 0.6 is 37.2 Å². The number of carbonyl (C=O) groups is 2. The van der Waals surface area contributed by atoms with Gasteiger partial charge in [-0.25, -0.2) is 0 Å². The molecule has 0 aromatic carbocycles. The Morgan fingerprint density at radius 2 is 2.00 bits per heavy atom. The Kier molecular flexibility index (Phi) is 7.79. The normalized spacial score (nSPS) is 15.0. The van der Waals surface area contributed by atoms with E-state index in [4.69, 9.17) is 0 Å². The van der Waals surface area contributed by atoms with Gasteiger partial charge in [0.1, 0.15) is 0 Å². The van der Waals surface area contributed by atoms with Crippen LogP contribution in [0.15, 0.2) is 11.1 Å². The van der Waals surface area contributed by atoms with Crippen molar-refractivity contribution in [2.75, 3.05) is 7.11 Å². The van der Waals surface area contributed by atoms with Gasteiger partial charge in [0, 0.05) is 43.7 Å². The first-order chi connectivity index (χ1) is 6.65. The molecule has 0 saturated heterocycles. The number of ether oxygens (including phenoxy) is 1. The summed E-state index contributed by atoms with van der Waals surface area (Å²) in [6, 6.07) is 0. The maximum atomic E-state index is 11.0. The quantitative estimate of drug-likeness (QED) is 0.508. The number of Topliss-reactive ketones (excluding diaryl/α,β-unsaturated/α-hetero) is 1. The van der Waals surface area contributed by atoms with Gasteiger partial charge in [-0.15, -0.1) is 0 Å². The van der Waals surface area contributed by atoms with Crippen LogP contribution < -0.4 is 0 Å². The van der Waals surface area contributed by atoms with Gasteiger partial charge < -0.3 is 4.74 Å².